The minimum absolute atomic E-state index is 0. The molecule has 0 aliphatic heterocycles. The van der Waals surface area contributed by atoms with E-state index in [1.54, 1.807) is 0 Å². The van der Waals surface area contributed by atoms with E-state index in [0.717, 1.165) is 25.7 Å². The van der Waals surface area contributed by atoms with Crippen LogP contribution in [0.5, 0.6) is 0 Å². The van der Waals surface area contributed by atoms with Gasteiger partial charge in [-0.1, -0.05) is 117 Å². The number of unbranched alkanes of at least 4 members (excludes halogenated alkanes) is 14. The molecule has 0 fully saturated rings. The third-order valence-electron chi connectivity index (χ3n) is 5.50. The zero-order valence-corrected chi connectivity index (χ0v) is 22.9. The van der Waals surface area contributed by atoms with Crippen molar-refractivity contribution in [2.75, 3.05) is 0 Å². The molecule has 0 amide bonds. The summed E-state index contributed by atoms with van der Waals surface area (Å²) in [5.74, 6) is 0. The SMILES string of the molecule is CCCCCCCCCCCCCCCCC(O)C(CCCC)S(=O)(=O)[O-].[K+]. The molecule has 4 nitrogen and oxygen atoms in total. The quantitative estimate of drug-likeness (QED) is 0.177. The smallest absolute Gasteiger partial charge is 0.748 e. The van der Waals surface area contributed by atoms with Crippen LogP contribution in [-0.2, 0) is 10.1 Å². The zero-order chi connectivity index (χ0) is 20.4. The Kier molecular flexibility index (Phi) is 24.6. The Balaban J connectivity index is 0. The van der Waals surface area contributed by atoms with Gasteiger partial charge in [-0.05, 0) is 12.8 Å². The standard InChI is InChI=1S/C22H46O4S.K/c1-3-5-7-8-9-10-11-12-13-14-15-16-17-18-19-21(23)22(20-6-4-2)27(24,25)26;/h21-23H,3-20H2,1-2H3,(H,24,25,26);/q;+1/p-1. The molecule has 164 valence electrons. The van der Waals surface area contributed by atoms with Crippen molar-refractivity contribution in [2.24, 2.45) is 0 Å². The number of aliphatic hydroxyl groups excluding tert-OH is 1. The maximum atomic E-state index is 11.3. The fourth-order valence-electron chi connectivity index (χ4n) is 3.67. The van der Waals surface area contributed by atoms with Gasteiger partial charge in [0, 0.05) is 0 Å². The van der Waals surface area contributed by atoms with E-state index in [-0.39, 0.29) is 57.8 Å². The summed E-state index contributed by atoms with van der Waals surface area (Å²) in [6.45, 7) is 4.21. The van der Waals surface area contributed by atoms with Crippen molar-refractivity contribution in [1.82, 2.24) is 0 Å². The van der Waals surface area contributed by atoms with E-state index < -0.39 is 21.5 Å². The molecular weight excluding hydrogens is 399 g/mol. The largest absolute Gasteiger partial charge is 1.00 e. The third-order valence-corrected chi connectivity index (χ3v) is 6.79. The van der Waals surface area contributed by atoms with Crippen molar-refractivity contribution < 1.29 is 69.5 Å². The second-order valence-corrected chi connectivity index (χ2v) is 9.72. The second-order valence-electron chi connectivity index (χ2n) is 8.13. The van der Waals surface area contributed by atoms with Crippen LogP contribution in [0, 0.1) is 0 Å². The monoisotopic (exact) mass is 444 g/mol. The molecule has 0 aromatic carbocycles. The predicted molar refractivity (Wildman–Crippen MR) is 114 cm³/mol. The number of hydrogen-bond acceptors (Lipinski definition) is 4. The third kappa shape index (κ3) is 19.5. The topological polar surface area (TPSA) is 77.4 Å². The van der Waals surface area contributed by atoms with E-state index in [4.69, 9.17) is 0 Å². The molecule has 28 heavy (non-hydrogen) atoms. The number of rotatable bonds is 20. The molecular formula is C22H45KO4S. The fourth-order valence-corrected chi connectivity index (χ4v) is 4.64. The van der Waals surface area contributed by atoms with Gasteiger partial charge >= 0.3 is 51.4 Å². The second kappa shape index (κ2) is 21.7. The number of aliphatic hydroxyl groups is 1. The van der Waals surface area contributed by atoms with Crippen LogP contribution in [0.15, 0.2) is 0 Å². The van der Waals surface area contributed by atoms with Crippen molar-refractivity contribution in [2.45, 2.75) is 141 Å². The Morgan fingerprint density at radius 1 is 0.643 bits per heavy atom. The van der Waals surface area contributed by atoms with Gasteiger partial charge in [-0.25, -0.2) is 8.42 Å². The first-order chi connectivity index (χ1) is 12.9. The van der Waals surface area contributed by atoms with E-state index in [1.807, 2.05) is 6.92 Å². The molecule has 1 N–H and O–H groups in total. The van der Waals surface area contributed by atoms with Gasteiger partial charge in [0.15, 0.2) is 0 Å². The van der Waals surface area contributed by atoms with Crippen molar-refractivity contribution in [3.8, 4) is 0 Å². The number of hydrogen-bond donors (Lipinski definition) is 1. The van der Waals surface area contributed by atoms with Crippen LogP contribution in [0.4, 0.5) is 0 Å². The summed E-state index contributed by atoms with van der Waals surface area (Å²) in [6.07, 6.45) is 18.9. The van der Waals surface area contributed by atoms with Gasteiger partial charge in [0.2, 0.25) is 0 Å². The van der Waals surface area contributed by atoms with E-state index >= 15 is 0 Å². The maximum absolute atomic E-state index is 11.3. The van der Waals surface area contributed by atoms with Crippen LogP contribution in [0.25, 0.3) is 0 Å². The first-order valence-electron chi connectivity index (χ1n) is 11.6. The average Bonchev–Trinajstić information content (AvgIpc) is 2.61. The van der Waals surface area contributed by atoms with E-state index in [9.17, 15) is 18.1 Å². The van der Waals surface area contributed by atoms with Gasteiger partial charge in [-0.3, -0.25) is 0 Å². The molecule has 0 heterocycles. The average molecular weight is 445 g/mol. The summed E-state index contributed by atoms with van der Waals surface area (Å²) in [7, 11) is -4.41. The molecule has 0 bridgehead atoms. The van der Waals surface area contributed by atoms with Crippen LogP contribution < -0.4 is 51.4 Å². The van der Waals surface area contributed by atoms with Crippen LogP contribution in [0.3, 0.4) is 0 Å². The molecule has 2 atom stereocenters. The maximum Gasteiger partial charge on any atom is 1.00 e. The molecule has 0 saturated carbocycles. The van der Waals surface area contributed by atoms with E-state index in [0.29, 0.717) is 12.8 Å². The van der Waals surface area contributed by atoms with Crippen LogP contribution >= 0.6 is 0 Å². The van der Waals surface area contributed by atoms with Crippen molar-refractivity contribution in [1.29, 1.82) is 0 Å². The summed E-state index contributed by atoms with van der Waals surface area (Å²) < 4.78 is 33.9. The van der Waals surface area contributed by atoms with Crippen LogP contribution in [0.2, 0.25) is 0 Å². The summed E-state index contributed by atoms with van der Waals surface area (Å²) in [4.78, 5) is 0. The van der Waals surface area contributed by atoms with Gasteiger partial charge in [0.25, 0.3) is 0 Å². The fraction of sp³-hybridized carbons (Fsp3) is 1.00. The van der Waals surface area contributed by atoms with Gasteiger partial charge < -0.3 is 9.66 Å². The normalized spacial score (nSPS) is 13.9. The molecule has 0 saturated heterocycles. The zero-order valence-electron chi connectivity index (χ0n) is 19.0. The molecule has 0 spiro atoms. The van der Waals surface area contributed by atoms with Gasteiger partial charge in [-0.2, -0.15) is 0 Å². The predicted octanol–water partition coefficient (Wildman–Crippen LogP) is 3.33. The van der Waals surface area contributed by atoms with Gasteiger partial charge in [0.1, 0.15) is 10.1 Å². The Hall–Kier alpha value is 1.51. The van der Waals surface area contributed by atoms with Crippen LogP contribution in [0.1, 0.15) is 129 Å². The minimum atomic E-state index is -4.41. The molecule has 0 aromatic rings. The Labute approximate surface area is 218 Å². The molecule has 0 aromatic heterocycles. The van der Waals surface area contributed by atoms with Crippen molar-refractivity contribution >= 4 is 10.1 Å². The minimum Gasteiger partial charge on any atom is -0.748 e. The molecule has 0 radical (unpaired) electrons. The molecule has 0 rings (SSSR count). The summed E-state index contributed by atoms with van der Waals surface area (Å²) in [5.41, 5.74) is 0. The summed E-state index contributed by atoms with van der Waals surface area (Å²) in [6, 6.07) is 0. The Morgan fingerprint density at radius 2 is 1.00 bits per heavy atom. The Morgan fingerprint density at radius 3 is 1.36 bits per heavy atom. The van der Waals surface area contributed by atoms with Gasteiger partial charge in [-0.15, -0.1) is 0 Å². The summed E-state index contributed by atoms with van der Waals surface area (Å²) >= 11 is 0. The first kappa shape index (κ1) is 31.7. The van der Waals surface area contributed by atoms with E-state index in [2.05, 4.69) is 6.92 Å². The van der Waals surface area contributed by atoms with Gasteiger partial charge in [0.05, 0.1) is 11.4 Å². The molecule has 2 unspecified atom stereocenters. The molecule has 6 heteroatoms. The van der Waals surface area contributed by atoms with E-state index in [1.165, 1.54) is 70.6 Å². The van der Waals surface area contributed by atoms with Crippen molar-refractivity contribution in [3.05, 3.63) is 0 Å². The molecule has 0 aliphatic rings. The molecule has 0 aliphatic carbocycles. The summed E-state index contributed by atoms with van der Waals surface area (Å²) in [5, 5.41) is 8.96. The first-order valence-corrected chi connectivity index (χ1v) is 13.0. The van der Waals surface area contributed by atoms with Crippen molar-refractivity contribution in [3.63, 3.8) is 0 Å². The Bertz CT molecular complexity index is 415. The van der Waals surface area contributed by atoms with Crippen LogP contribution in [-0.4, -0.2) is 29.4 Å².